The zero-order valence-electron chi connectivity index (χ0n) is 17.8. The van der Waals surface area contributed by atoms with Gasteiger partial charge in [-0.25, -0.2) is 13.4 Å². The smallest absolute Gasteiger partial charge is 0.257 e. The van der Waals surface area contributed by atoms with Crippen LogP contribution < -0.4 is 5.32 Å². The molecule has 0 bridgehead atoms. The van der Waals surface area contributed by atoms with Crippen LogP contribution in [-0.2, 0) is 23.0 Å². The van der Waals surface area contributed by atoms with Crippen molar-refractivity contribution in [1.29, 1.82) is 0 Å². The van der Waals surface area contributed by atoms with Crippen LogP contribution in [0.5, 0.6) is 0 Å². The first kappa shape index (κ1) is 22.9. The first-order valence-corrected chi connectivity index (χ1v) is 12.8. The van der Waals surface area contributed by atoms with Crippen LogP contribution in [0.15, 0.2) is 29.2 Å². The van der Waals surface area contributed by atoms with Crippen molar-refractivity contribution in [3.8, 4) is 0 Å². The van der Waals surface area contributed by atoms with Crippen molar-refractivity contribution in [2.24, 2.45) is 0 Å². The van der Waals surface area contributed by atoms with E-state index >= 15 is 0 Å². The minimum Gasteiger partial charge on any atom is -0.298 e. The molecule has 164 valence electrons. The molecule has 3 rings (SSSR count). The maximum Gasteiger partial charge on any atom is 0.257 e. The number of anilines is 1. The molecule has 1 aromatic carbocycles. The molecule has 1 aliphatic heterocycles. The number of carbonyl (C=O) groups excluding carboxylic acids is 1. The largest absolute Gasteiger partial charge is 0.298 e. The third-order valence-corrected chi connectivity index (χ3v) is 8.33. The van der Waals surface area contributed by atoms with Gasteiger partial charge in [-0.3, -0.25) is 15.0 Å². The van der Waals surface area contributed by atoms with Gasteiger partial charge in [0.05, 0.1) is 10.6 Å². The van der Waals surface area contributed by atoms with Crippen LogP contribution in [-0.4, -0.2) is 54.7 Å². The third-order valence-electron chi connectivity index (χ3n) is 5.35. The molecule has 9 heteroatoms. The normalized spacial score (nSPS) is 14.7. The Kier molecular flexibility index (Phi) is 7.62. The first-order chi connectivity index (χ1) is 14.4. The van der Waals surface area contributed by atoms with Gasteiger partial charge in [-0.15, -0.1) is 11.3 Å². The van der Waals surface area contributed by atoms with Crippen molar-refractivity contribution in [1.82, 2.24) is 14.2 Å². The van der Waals surface area contributed by atoms with Gasteiger partial charge >= 0.3 is 0 Å². The minimum absolute atomic E-state index is 0.210. The number of thiazole rings is 1. The van der Waals surface area contributed by atoms with E-state index in [1.807, 2.05) is 13.8 Å². The van der Waals surface area contributed by atoms with Crippen molar-refractivity contribution in [3.63, 3.8) is 0 Å². The monoisotopic (exact) mass is 450 g/mol. The van der Waals surface area contributed by atoms with Gasteiger partial charge in [-0.2, -0.15) is 4.31 Å². The molecule has 0 spiro atoms. The van der Waals surface area contributed by atoms with Crippen molar-refractivity contribution < 1.29 is 13.2 Å². The summed E-state index contributed by atoms with van der Waals surface area (Å²) in [5.41, 5.74) is 1.47. The average molecular weight is 451 g/mol. The summed E-state index contributed by atoms with van der Waals surface area (Å²) >= 11 is 1.51. The predicted octanol–water partition coefficient (Wildman–Crippen LogP) is 3.58. The Morgan fingerprint density at radius 2 is 1.97 bits per heavy atom. The molecule has 1 amide bonds. The highest BCUT2D eigenvalue weighted by Crippen LogP contribution is 2.28. The van der Waals surface area contributed by atoms with Crippen LogP contribution in [0.25, 0.3) is 0 Å². The van der Waals surface area contributed by atoms with Crippen molar-refractivity contribution in [2.45, 2.75) is 51.5 Å². The Hall–Kier alpha value is -1.81. The number of rotatable bonds is 9. The van der Waals surface area contributed by atoms with Crippen LogP contribution in [0.3, 0.4) is 0 Å². The predicted molar refractivity (Wildman–Crippen MR) is 121 cm³/mol. The molecule has 0 radical (unpaired) electrons. The lowest BCUT2D eigenvalue weighted by atomic mass is 10.2. The molecule has 1 aliphatic rings. The van der Waals surface area contributed by atoms with Gasteiger partial charge in [-0.05, 0) is 37.2 Å². The second-order valence-electron chi connectivity index (χ2n) is 7.34. The molecule has 0 unspecified atom stereocenters. The van der Waals surface area contributed by atoms with E-state index < -0.39 is 10.0 Å². The Bertz CT molecular complexity index is 971. The standard InChI is InChI=1S/C21H30N4O3S2/c1-4-7-13-25(6-3)30(27,28)17-10-8-16(9-11-17)20(26)23-21-22-18-12-14-24(5-2)15-19(18)29-21/h8-11H,4-7,12-15H2,1-3H3,(H,22,23,26). The number of benzene rings is 1. The highest BCUT2D eigenvalue weighted by Gasteiger charge is 2.23. The summed E-state index contributed by atoms with van der Waals surface area (Å²) in [6, 6.07) is 6.13. The van der Waals surface area contributed by atoms with Gasteiger partial charge in [0.25, 0.3) is 5.91 Å². The topological polar surface area (TPSA) is 82.6 Å². The summed E-state index contributed by atoms with van der Waals surface area (Å²) in [5, 5.41) is 3.45. The van der Waals surface area contributed by atoms with Gasteiger partial charge in [0, 0.05) is 43.0 Å². The molecule has 30 heavy (non-hydrogen) atoms. The molecular weight excluding hydrogens is 420 g/mol. The third kappa shape index (κ3) is 5.08. The number of amides is 1. The maximum atomic E-state index is 12.8. The van der Waals surface area contributed by atoms with E-state index in [0.717, 1.165) is 44.6 Å². The number of carbonyl (C=O) groups is 1. The fourth-order valence-corrected chi connectivity index (χ4v) is 5.98. The molecule has 0 aliphatic carbocycles. The van der Waals surface area contributed by atoms with Crippen LogP contribution >= 0.6 is 11.3 Å². The molecule has 0 atom stereocenters. The number of fused-ring (bicyclic) bond motifs is 1. The Balaban J connectivity index is 1.69. The van der Waals surface area contributed by atoms with Crippen molar-refractivity contribution in [2.75, 3.05) is 31.5 Å². The molecule has 0 fully saturated rings. The molecule has 7 nitrogen and oxygen atoms in total. The minimum atomic E-state index is -3.55. The number of aromatic nitrogens is 1. The van der Waals surface area contributed by atoms with E-state index in [0.29, 0.717) is 23.8 Å². The first-order valence-electron chi connectivity index (χ1n) is 10.5. The molecule has 2 heterocycles. The van der Waals surface area contributed by atoms with Gasteiger partial charge in [0.15, 0.2) is 5.13 Å². The fourth-order valence-electron chi connectivity index (χ4n) is 3.45. The lowest BCUT2D eigenvalue weighted by Gasteiger charge is -2.23. The second kappa shape index (κ2) is 10.00. The molecule has 1 N–H and O–H groups in total. The van der Waals surface area contributed by atoms with Gasteiger partial charge in [-0.1, -0.05) is 27.2 Å². The van der Waals surface area contributed by atoms with E-state index in [4.69, 9.17) is 0 Å². The van der Waals surface area contributed by atoms with Crippen LogP contribution in [0, 0.1) is 0 Å². The number of likely N-dealkylation sites (N-methyl/N-ethyl adjacent to an activating group) is 1. The van der Waals surface area contributed by atoms with Gasteiger partial charge < -0.3 is 0 Å². The second-order valence-corrected chi connectivity index (χ2v) is 10.4. The average Bonchev–Trinajstić information content (AvgIpc) is 3.15. The Morgan fingerprint density at radius 1 is 1.23 bits per heavy atom. The number of hydrogen-bond donors (Lipinski definition) is 1. The molecule has 0 saturated carbocycles. The summed E-state index contributed by atoms with van der Waals surface area (Å²) in [5.74, 6) is -0.282. The quantitative estimate of drug-likeness (QED) is 0.631. The van der Waals surface area contributed by atoms with E-state index in [1.165, 1.54) is 32.7 Å². The summed E-state index contributed by atoms with van der Waals surface area (Å²) in [7, 11) is -3.55. The molecule has 1 aromatic heterocycles. The number of unbranched alkanes of at least 4 members (excludes halogenated alkanes) is 1. The summed E-state index contributed by atoms with van der Waals surface area (Å²) in [6.45, 7) is 9.80. The lowest BCUT2D eigenvalue weighted by molar-refractivity contribution is 0.102. The fraction of sp³-hybridized carbons (Fsp3) is 0.524. The van der Waals surface area contributed by atoms with E-state index in [-0.39, 0.29) is 10.8 Å². The van der Waals surface area contributed by atoms with Gasteiger partial charge in [0.1, 0.15) is 0 Å². The number of nitrogens with one attached hydrogen (secondary N) is 1. The molecule has 0 saturated heterocycles. The molecule has 2 aromatic rings. The van der Waals surface area contributed by atoms with E-state index in [1.54, 1.807) is 12.1 Å². The summed E-state index contributed by atoms with van der Waals surface area (Å²) in [6.07, 6.45) is 2.65. The van der Waals surface area contributed by atoms with Crippen LogP contribution in [0.4, 0.5) is 5.13 Å². The SMILES string of the molecule is CCCCN(CC)S(=O)(=O)c1ccc(C(=O)Nc2nc3c(s2)CN(CC)CC3)cc1. The summed E-state index contributed by atoms with van der Waals surface area (Å²) in [4.78, 5) is 20.9. The maximum absolute atomic E-state index is 12.8. The highest BCUT2D eigenvalue weighted by molar-refractivity contribution is 7.89. The van der Waals surface area contributed by atoms with Crippen molar-refractivity contribution >= 4 is 32.4 Å². The van der Waals surface area contributed by atoms with E-state index in [9.17, 15) is 13.2 Å². The number of hydrogen-bond acceptors (Lipinski definition) is 6. The summed E-state index contributed by atoms with van der Waals surface area (Å²) < 4.78 is 27.1. The zero-order chi connectivity index (χ0) is 21.7. The van der Waals surface area contributed by atoms with Crippen LogP contribution in [0.2, 0.25) is 0 Å². The number of nitrogens with zero attached hydrogens (tertiary/aromatic N) is 3. The number of sulfonamides is 1. The van der Waals surface area contributed by atoms with Crippen LogP contribution in [0.1, 0.15) is 54.5 Å². The molecular formula is C21H30N4O3S2. The Labute approximate surface area is 183 Å². The highest BCUT2D eigenvalue weighted by atomic mass is 32.2. The zero-order valence-corrected chi connectivity index (χ0v) is 19.5. The van der Waals surface area contributed by atoms with Gasteiger partial charge in [0.2, 0.25) is 10.0 Å². The Morgan fingerprint density at radius 3 is 2.60 bits per heavy atom. The van der Waals surface area contributed by atoms with Crippen molar-refractivity contribution in [3.05, 3.63) is 40.4 Å². The lowest BCUT2D eigenvalue weighted by Crippen LogP contribution is -2.31. The van der Waals surface area contributed by atoms with E-state index in [2.05, 4.69) is 22.1 Å².